The zero-order valence-electron chi connectivity index (χ0n) is 14.2. The van der Waals surface area contributed by atoms with Gasteiger partial charge < -0.3 is 15.0 Å². The Labute approximate surface area is 151 Å². The van der Waals surface area contributed by atoms with Gasteiger partial charge in [0.1, 0.15) is 17.7 Å². The van der Waals surface area contributed by atoms with Crippen LogP contribution in [0.2, 0.25) is 0 Å². The lowest BCUT2D eigenvalue weighted by molar-refractivity contribution is -0.134. The standard InChI is InChI=1S/C20H19N3O3/c24-18-8-7-15-10-14(11-21-20(15)22-18)6-9-19(25)23-12-17(13-23)26-16-4-2-1-3-5-16/h1-6,9-11,17H,7-8,12-13H2,(H,21,22,24). The van der Waals surface area contributed by atoms with Crippen LogP contribution >= 0.6 is 0 Å². The molecule has 132 valence electrons. The number of amides is 2. The van der Waals surface area contributed by atoms with Crippen LogP contribution < -0.4 is 10.1 Å². The van der Waals surface area contributed by atoms with E-state index in [1.807, 2.05) is 36.4 Å². The molecule has 0 aliphatic carbocycles. The number of hydrogen-bond acceptors (Lipinski definition) is 4. The fraction of sp³-hybridized carbons (Fsp3) is 0.250. The smallest absolute Gasteiger partial charge is 0.246 e. The number of rotatable bonds is 4. The van der Waals surface area contributed by atoms with E-state index >= 15 is 0 Å². The Kier molecular flexibility index (Phi) is 4.39. The maximum absolute atomic E-state index is 12.2. The minimum atomic E-state index is -0.0380. The summed E-state index contributed by atoms with van der Waals surface area (Å²) in [6, 6.07) is 11.6. The first kappa shape index (κ1) is 16.3. The van der Waals surface area contributed by atoms with Gasteiger partial charge in [-0.2, -0.15) is 0 Å². The Morgan fingerprint density at radius 3 is 2.85 bits per heavy atom. The van der Waals surface area contributed by atoms with Crippen LogP contribution in [0.4, 0.5) is 5.82 Å². The molecule has 6 nitrogen and oxygen atoms in total. The molecule has 0 radical (unpaired) electrons. The van der Waals surface area contributed by atoms with E-state index in [1.165, 1.54) is 0 Å². The summed E-state index contributed by atoms with van der Waals surface area (Å²) in [7, 11) is 0. The second-order valence-corrected chi connectivity index (χ2v) is 6.45. The number of nitrogens with one attached hydrogen (secondary N) is 1. The normalized spacial score (nSPS) is 16.8. The van der Waals surface area contributed by atoms with Crippen molar-refractivity contribution in [3.05, 3.63) is 59.8 Å². The van der Waals surface area contributed by atoms with Crippen molar-refractivity contribution in [1.29, 1.82) is 0 Å². The number of fused-ring (bicyclic) bond motifs is 1. The minimum absolute atomic E-state index is 0.00599. The Morgan fingerprint density at radius 2 is 2.04 bits per heavy atom. The molecule has 2 aromatic rings. The topological polar surface area (TPSA) is 71.5 Å². The molecule has 1 saturated heterocycles. The highest BCUT2D eigenvalue weighted by Crippen LogP contribution is 2.22. The number of para-hydroxylation sites is 1. The highest BCUT2D eigenvalue weighted by atomic mass is 16.5. The third-order valence-electron chi connectivity index (χ3n) is 4.49. The summed E-state index contributed by atoms with van der Waals surface area (Å²) in [6.45, 7) is 1.18. The number of aryl methyl sites for hydroxylation is 1. The zero-order valence-corrected chi connectivity index (χ0v) is 14.2. The molecule has 0 spiro atoms. The van der Waals surface area contributed by atoms with Gasteiger partial charge in [0, 0.05) is 18.7 Å². The molecule has 26 heavy (non-hydrogen) atoms. The molecule has 1 aromatic heterocycles. The van der Waals surface area contributed by atoms with Gasteiger partial charge >= 0.3 is 0 Å². The van der Waals surface area contributed by atoms with Crippen LogP contribution in [0.15, 0.2) is 48.7 Å². The third-order valence-corrected chi connectivity index (χ3v) is 4.49. The summed E-state index contributed by atoms with van der Waals surface area (Å²) in [5.74, 6) is 1.40. The molecule has 0 unspecified atom stereocenters. The third kappa shape index (κ3) is 3.59. The van der Waals surface area contributed by atoms with E-state index < -0.39 is 0 Å². The molecule has 6 heteroatoms. The molecule has 4 rings (SSSR count). The van der Waals surface area contributed by atoms with Gasteiger partial charge in [-0.15, -0.1) is 0 Å². The van der Waals surface area contributed by atoms with Crippen LogP contribution in [-0.4, -0.2) is 40.9 Å². The van der Waals surface area contributed by atoms with Gasteiger partial charge in [-0.25, -0.2) is 4.98 Å². The van der Waals surface area contributed by atoms with E-state index in [1.54, 1.807) is 23.2 Å². The van der Waals surface area contributed by atoms with Gasteiger partial charge in [0.25, 0.3) is 0 Å². The quantitative estimate of drug-likeness (QED) is 0.860. The second-order valence-electron chi connectivity index (χ2n) is 6.45. The van der Waals surface area contributed by atoms with E-state index in [0.29, 0.717) is 31.7 Å². The number of likely N-dealkylation sites (tertiary alicyclic amines) is 1. The van der Waals surface area contributed by atoms with Gasteiger partial charge in [-0.3, -0.25) is 9.59 Å². The molecule has 2 aliphatic rings. The molecule has 1 aromatic carbocycles. The number of benzene rings is 1. The summed E-state index contributed by atoms with van der Waals surface area (Å²) < 4.78 is 5.80. The number of pyridine rings is 1. The lowest BCUT2D eigenvalue weighted by Gasteiger charge is -2.38. The Hall–Kier alpha value is -3.15. The number of carbonyl (C=O) groups excluding carboxylic acids is 2. The molecule has 1 N–H and O–H groups in total. The van der Waals surface area contributed by atoms with Crippen molar-refractivity contribution in [2.75, 3.05) is 18.4 Å². The molecule has 3 heterocycles. The van der Waals surface area contributed by atoms with Crippen LogP contribution in [-0.2, 0) is 16.0 Å². The first-order chi connectivity index (χ1) is 12.7. The van der Waals surface area contributed by atoms with E-state index in [0.717, 1.165) is 16.9 Å². The molecular formula is C20H19N3O3. The summed E-state index contributed by atoms with van der Waals surface area (Å²) >= 11 is 0. The van der Waals surface area contributed by atoms with E-state index in [9.17, 15) is 9.59 Å². The van der Waals surface area contributed by atoms with Gasteiger partial charge in [0.15, 0.2) is 0 Å². The Balaban J connectivity index is 1.31. The van der Waals surface area contributed by atoms with Crippen molar-refractivity contribution in [2.24, 2.45) is 0 Å². The first-order valence-electron chi connectivity index (χ1n) is 8.65. The Morgan fingerprint density at radius 1 is 1.23 bits per heavy atom. The van der Waals surface area contributed by atoms with Crippen molar-refractivity contribution in [3.8, 4) is 5.75 Å². The summed E-state index contributed by atoms with van der Waals surface area (Å²) in [4.78, 5) is 29.6. The van der Waals surface area contributed by atoms with Crippen molar-refractivity contribution in [2.45, 2.75) is 18.9 Å². The zero-order chi connectivity index (χ0) is 17.9. The predicted octanol–water partition coefficient (Wildman–Crippen LogP) is 2.27. The van der Waals surface area contributed by atoms with Crippen molar-refractivity contribution in [3.63, 3.8) is 0 Å². The molecule has 2 aliphatic heterocycles. The van der Waals surface area contributed by atoms with E-state index in [-0.39, 0.29) is 17.9 Å². The maximum Gasteiger partial charge on any atom is 0.246 e. The van der Waals surface area contributed by atoms with Crippen LogP contribution in [0.3, 0.4) is 0 Å². The average molecular weight is 349 g/mol. The largest absolute Gasteiger partial charge is 0.487 e. The van der Waals surface area contributed by atoms with Crippen molar-refractivity contribution < 1.29 is 14.3 Å². The SMILES string of the molecule is O=C1CCc2cc(C=CC(=O)N3CC(Oc4ccccc4)C3)cnc2N1. The number of carbonyl (C=O) groups is 2. The summed E-state index contributed by atoms with van der Waals surface area (Å²) in [5.41, 5.74) is 1.85. The van der Waals surface area contributed by atoms with Crippen molar-refractivity contribution >= 4 is 23.7 Å². The van der Waals surface area contributed by atoms with Crippen molar-refractivity contribution in [1.82, 2.24) is 9.88 Å². The molecule has 1 fully saturated rings. The lowest BCUT2D eigenvalue weighted by atomic mass is 10.0. The number of aromatic nitrogens is 1. The molecule has 0 atom stereocenters. The van der Waals surface area contributed by atoms with Crippen LogP contribution in [0, 0.1) is 0 Å². The fourth-order valence-electron chi connectivity index (χ4n) is 3.02. The first-order valence-corrected chi connectivity index (χ1v) is 8.65. The van der Waals surface area contributed by atoms with Gasteiger partial charge in [0.05, 0.1) is 13.1 Å². The molecular weight excluding hydrogens is 330 g/mol. The minimum Gasteiger partial charge on any atom is -0.487 e. The number of nitrogens with zero attached hydrogens (tertiary/aromatic N) is 2. The van der Waals surface area contributed by atoms with Gasteiger partial charge in [-0.05, 0) is 41.8 Å². The number of ether oxygens (including phenoxy) is 1. The van der Waals surface area contributed by atoms with Crippen LogP contribution in [0.25, 0.3) is 6.08 Å². The molecule has 2 amide bonds. The van der Waals surface area contributed by atoms with E-state index in [4.69, 9.17) is 4.74 Å². The second kappa shape index (κ2) is 7.00. The highest BCUT2D eigenvalue weighted by molar-refractivity contribution is 5.94. The van der Waals surface area contributed by atoms with Gasteiger partial charge in [0.2, 0.25) is 11.8 Å². The molecule has 0 bridgehead atoms. The summed E-state index contributed by atoms with van der Waals surface area (Å²) in [6.07, 6.45) is 6.17. The predicted molar refractivity (Wildman–Crippen MR) is 97.7 cm³/mol. The highest BCUT2D eigenvalue weighted by Gasteiger charge is 2.31. The van der Waals surface area contributed by atoms with Crippen LogP contribution in [0.1, 0.15) is 17.5 Å². The van der Waals surface area contributed by atoms with Gasteiger partial charge in [-0.1, -0.05) is 18.2 Å². The lowest BCUT2D eigenvalue weighted by Crippen LogP contribution is -2.55. The monoisotopic (exact) mass is 349 g/mol. The fourth-order valence-corrected chi connectivity index (χ4v) is 3.02. The van der Waals surface area contributed by atoms with E-state index in [2.05, 4.69) is 10.3 Å². The Bertz CT molecular complexity index is 858. The summed E-state index contributed by atoms with van der Waals surface area (Å²) in [5, 5.41) is 2.75. The maximum atomic E-state index is 12.2. The molecule has 0 saturated carbocycles. The van der Waals surface area contributed by atoms with Crippen LogP contribution in [0.5, 0.6) is 5.75 Å². The average Bonchev–Trinajstić information content (AvgIpc) is 2.63. The number of hydrogen-bond donors (Lipinski definition) is 1. The number of anilines is 1.